The molecular weight excluding hydrogens is 499 g/mol. The molecule has 1 fully saturated rings. The predicted octanol–water partition coefficient (Wildman–Crippen LogP) is 1.87. The topological polar surface area (TPSA) is 99.8 Å². The van der Waals surface area contributed by atoms with E-state index in [2.05, 4.69) is 63.3 Å². The Morgan fingerprint density at radius 3 is 2.26 bits per heavy atom. The molecule has 0 aromatic heterocycles. The molecular formula is C29H41N4O4P. The summed E-state index contributed by atoms with van der Waals surface area (Å²) in [5.41, 5.74) is 3.74. The Bertz CT molecular complexity index is 1070. The van der Waals surface area contributed by atoms with Crippen molar-refractivity contribution in [2.24, 2.45) is 5.92 Å². The number of rotatable bonds is 1. The standard InChI is InChI=1S/C21H31N4O4P.C8H10/c1-25-13-19(27)24-12-18(26)22-8-2-3-14-6-7-16(30)11-17(14)29-10-9-23-20(21(25)28)15-4-5-15;1-7-3-5-8(2)6-4-7/h6-7,11,15,20,23H,2-5,8-10,12-13,30H2,1H3,(H,22,26)(H,24,27);3-6H,1-2H3. The van der Waals surface area contributed by atoms with E-state index in [1.165, 1.54) is 16.0 Å². The van der Waals surface area contributed by atoms with Gasteiger partial charge in [-0.25, -0.2) is 0 Å². The van der Waals surface area contributed by atoms with Crippen molar-refractivity contribution in [3.05, 3.63) is 59.2 Å². The lowest BCUT2D eigenvalue weighted by atomic mass is 10.1. The van der Waals surface area contributed by atoms with Crippen LogP contribution < -0.4 is 26.0 Å². The summed E-state index contributed by atoms with van der Waals surface area (Å²) in [6.07, 6.45) is 3.55. The fraction of sp³-hybridized carbons (Fsp3) is 0.483. The molecule has 9 heteroatoms. The van der Waals surface area contributed by atoms with Crippen molar-refractivity contribution >= 4 is 32.3 Å². The fourth-order valence-corrected chi connectivity index (χ4v) is 4.39. The zero-order valence-corrected chi connectivity index (χ0v) is 23.9. The van der Waals surface area contributed by atoms with Gasteiger partial charge in [0, 0.05) is 20.1 Å². The molecule has 206 valence electrons. The average molecular weight is 541 g/mol. The lowest BCUT2D eigenvalue weighted by Crippen LogP contribution is -2.50. The van der Waals surface area contributed by atoms with E-state index in [0.717, 1.165) is 42.3 Å². The highest BCUT2D eigenvalue weighted by molar-refractivity contribution is 7.27. The smallest absolute Gasteiger partial charge is 0.240 e. The molecule has 1 aliphatic carbocycles. The van der Waals surface area contributed by atoms with Gasteiger partial charge in [0.2, 0.25) is 17.7 Å². The first-order valence-electron chi connectivity index (χ1n) is 13.3. The molecule has 0 saturated heterocycles. The highest BCUT2D eigenvalue weighted by atomic mass is 31.0. The Hall–Kier alpha value is -2.96. The Labute approximate surface area is 228 Å². The van der Waals surface area contributed by atoms with E-state index < -0.39 is 0 Å². The number of hydrogen-bond acceptors (Lipinski definition) is 5. The van der Waals surface area contributed by atoms with E-state index in [1.807, 2.05) is 18.2 Å². The van der Waals surface area contributed by atoms with Crippen molar-refractivity contribution in [2.75, 3.05) is 39.8 Å². The number of nitrogens with one attached hydrogen (secondary N) is 3. The second-order valence-corrected chi connectivity index (χ2v) is 10.7. The third-order valence-electron chi connectivity index (χ3n) is 6.54. The van der Waals surface area contributed by atoms with Crippen LogP contribution in [0.25, 0.3) is 0 Å². The summed E-state index contributed by atoms with van der Waals surface area (Å²) < 4.78 is 6.01. The van der Waals surface area contributed by atoms with Gasteiger partial charge >= 0.3 is 0 Å². The van der Waals surface area contributed by atoms with Crippen molar-refractivity contribution in [1.82, 2.24) is 20.9 Å². The molecule has 2 aromatic rings. The van der Waals surface area contributed by atoms with Crippen LogP contribution in [-0.4, -0.2) is 68.5 Å². The number of carbonyl (C=O) groups excluding carboxylic acids is 3. The predicted molar refractivity (Wildman–Crippen MR) is 154 cm³/mol. The van der Waals surface area contributed by atoms with E-state index >= 15 is 0 Å². The van der Waals surface area contributed by atoms with Crippen LogP contribution in [0.5, 0.6) is 5.75 Å². The molecule has 2 aliphatic rings. The van der Waals surface area contributed by atoms with Gasteiger partial charge in [-0.05, 0) is 62.4 Å². The average Bonchev–Trinajstić information content (AvgIpc) is 3.73. The summed E-state index contributed by atoms with van der Waals surface area (Å²) in [7, 11) is 4.29. The van der Waals surface area contributed by atoms with E-state index in [0.29, 0.717) is 25.6 Å². The lowest BCUT2D eigenvalue weighted by Gasteiger charge is -2.24. The van der Waals surface area contributed by atoms with Gasteiger partial charge in [0.15, 0.2) is 0 Å². The van der Waals surface area contributed by atoms with Crippen LogP contribution >= 0.6 is 9.24 Å². The van der Waals surface area contributed by atoms with Crippen molar-refractivity contribution in [2.45, 2.75) is 45.6 Å². The van der Waals surface area contributed by atoms with Crippen molar-refractivity contribution < 1.29 is 19.1 Å². The maximum atomic E-state index is 12.8. The number of aryl methyl sites for hydroxylation is 3. The first-order valence-corrected chi connectivity index (χ1v) is 13.9. The molecule has 0 radical (unpaired) electrons. The first kappa shape index (κ1) is 29.6. The van der Waals surface area contributed by atoms with Crippen LogP contribution in [0, 0.1) is 19.8 Å². The number of amides is 3. The van der Waals surface area contributed by atoms with E-state index in [9.17, 15) is 14.4 Å². The summed E-state index contributed by atoms with van der Waals surface area (Å²) >= 11 is 0. The van der Waals surface area contributed by atoms with Crippen LogP contribution in [0.3, 0.4) is 0 Å². The molecule has 38 heavy (non-hydrogen) atoms. The highest BCUT2D eigenvalue weighted by Gasteiger charge is 2.37. The zero-order chi connectivity index (χ0) is 27.5. The molecule has 8 nitrogen and oxygen atoms in total. The van der Waals surface area contributed by atoms with Crippen LogP contribution in [0.15, 0.2) is 42.5 Å². The molecule has 1 saturated carbocycles. The second kappa shape index (κ2) is 14.8. The molecule has 3 N–H and O–H groups in total. The fourth-order valence-electron chi connectivity index (χ4n) is 4.14. The Morgan fingerprint density at radius 1 is 0.921 bits per heavy atom. The second-order valence-electron chi connectivity index (χ2n) is 10.1. The summed E-state index contributed by atoms with van der Waals surface area (Å²) in [5.74, 6) is 0.432. The van der Waals surface area contributed by atoms with Gasteiger partial charge in [-0.2, -0.15) is 0 Å². The van der Waals surface area contributed by atoms with Gasteiger partial charge in [0.1, 0.15) is 12.4 Å². The molecule has 0 bridgehead atoms. The van der Waals surface area contributed by atoms with Crippen LogP contribution in [0.1, 0.15) is 36.0 Å². The summed E-state index contributed by atoms with van der Waals surface area (Å²) in [6.45, 7) is 5.53. The van der Waals surface area contributed by atoms with Crippen LogP contribution in [0.4, 0.5) is 0 Å². The van der Waals surface area contributed by atoms with Gasteiger partial charge < -0.3 is 25.6 Å². The van der Waals surface area contributed by atoms with Gasteiger partial charge in [0.05, 0.1) is 19.1 Å². The molecule has 2 unspecified atom stereocenters. The minimum Gasteiger partial charge on any atom is -0.492 e. The van der Waals surface area contributed by atoms with E-state index in [-0.39, 0.29) is 36.9 Å². The zero-order valence-electron chi connectivity index (χ0n) is 22.7. The Morgan fingerprint density at radius 2 is 1.61 bits per heavy atom. The van der Waals surface area contributed by atoms with E-state index in [1.54, 1.807) is 7.05 Å². The number of benzene rings is 2. The molecule has 2 atom stereocenters. The van der Waals surface area contributed by atoms with E-state index in [4.69, 9.17) is 4.74 Å². The number of carbonyl (C=O) groups is 3. The number of ether oxygens (including phenoxy) is 1. The van der Waals surface area contributed by atoms with Crippen molar-refractivity contribution in [3.63, 3.8) is 0 Å². The molecule has 1 aliphatic heterocycles. The quantitative estimate of drug-likeness (QED) is 0.480. The third-order valence-corrected chi connectivity index (χ3v) is 6.90. The van der Waals surface area contributed by atoms with Gasteiger partial charge in [-0.15, -0.1) is 9.24 Å². The van der Waals surface area contributed by atoms with Gasteiger partial charge in [0.25, 0.3) is 0 Å². The van der Waals surface area contributed by atoms with Crippen molar-refractivity contribution in [3.8, 4) is 5.75 Å². The number of hydrogen-bond donors (Lipinski definition) is 3. The molecule has 4 rings (SSSR count). The SMILES string of the molecule is CN1CC(=O)NCC(=O)NCCCc2ccc(P)cc2OCCNC(C2CC2)C1=O.Cc1ccc(C)cc1. The molecule has 3 amide bonds. The number of fused-ring (bicyclic) bond motifs is 1. The Balaban J connectivity index is 0.000000427. The summed E-state index contributed by atoms with van der Waals surface area (Å²) in [5, 5.41) is 9.75. The number of nitrogens with zero attached hydrogens (tertiary/aromatic N) is 1. The van der Waals surface area contributed by atoms with Crippen LogP contribution in [-0.2, 0) is 20.8 Å². The lowest BCUT2D eigenvalue weighted by molar-refractivity contribution is -0.137. The van der Waals surface area contributed by atoms with Crippen molar-refractivity contribution in [1.29, 1.82) is 0 Å². The summed E-state index contributed by atoms with van der Waals surface area (Å²) in [6, 6.07) is 14.2. The molecule has 2 aromatic carbocycles. The van der Waals surface area contributed by atoms with Crippen LogP contribution in [0.2, 0.25) is 0 Å². The first-order chi connectivity index (χ1) is 18.2. The monoisotopic (exact) mass is 540 g/mol. The Kier molecular flexibility index (Phi) is 11.6. The molecule has 0 spiro atoms. The number of likely N-dealkylation sites (N-methyl/N-ethyl adjacent to an activating group) is 1. The third kappa shape index (κ3) is 10.1. The van der Waals surface area contributed by atoms with Gasteiger partial charge in [-0.1, -0.05) is 47.5 Å². The minimum atomic E-state index is -0.345. The summed E-state index contributed by atoms with van der Waals surface area (Å²) in [4.78, 5) is 38.3. The maximum Gasteiger partial charge on any atom is 0.240 e. The maximum absolute atomic E-state index is 12.8. The molecule has 1 heterocycles. The van der Waals surface area contributed by atoms with Gasteiger partial charge in [-0.3, -0.25) is 14.4 Å². The minimum absolute atomic E-state index is 0.0716. The highest BCUT2D eigenvalue weighted by Crippen LogP contribution is 2.33. The normalized spacial score (nSPS) is 19.9. The largest absolute Gasteiger partial charge is 0.492 e.